The van der Waals surface area contributed by atoms with Gasteiger partial charge in [-0.1, -0.05) is 55.1 Å². The van der Waals surface area contributed by atoms with E-state index in [2.05, 4.69) is 18.3 Å². The molecule has 0 amide bonds. The Morgan fingerprint density at radius 1 is 1.26 bits per heavy atom. The molecule has 3 nitrogen and oxygen atoms in total. The minimum absolute atomic E-state index is 0.209. The highest BCUT2D eigenvalue weighted by Crippen LogP contribution is 2.28. The number of hydrogen-bond acceptors (Lipinski definition) is 3. The van der Waals surface area contributed by atoms with E-state index in [-0.39, 0.29) is 11.7 Å². The number of rotatable bonds is 9. The molecule has 0 aliphatic heterocycles. The summed E-state index contributed by atoms with van der Waals surface area (Å²) in [6.07, 6.45) is 5.71. The molecule has 2 rings (SSSR count). The van der Waals surface area contributed by atoms with Crippen molar-refractivity contribution in [3.8, 4) is 5.75 Å². The molecule has 2 aromatic carbocycles. The maximum absolute atomic E-state index is 13.7. The van der Waals surface area contributed by atoms with Crippen LogP contribution in [0.2, 0.25) is 10.0 Å². The van der Waals surface area contributed by atoms with E-state index in [4.69, 9.17) is 28.9 Å². The van der Waals surface area contributed by atoms with Crippen LogP contribution in [0.4, 0.5) is 10.1 Å². The molecule has 0 spiro atoms. The number of benzene rings is 2. The predicted octanol–water partition coefficient (Wildman–Crippen LogP) is 6.14. The molecule has 0 heterocycles. The van der Waals surface area contributed by atoms with E-state index in [0.717, 1.165) is 36.2 Å². The SMILES string of the molecule is CCCCC(/C=C(/Cc1ccc(O)c(F)c1)Nc1ccc(Cl)cc1Cl)CN. The van der Waals surface area contributed by atoms with Gasteiger partial charge in [0.2, 0.25) is 0 Å². The molecule has 1 atom stereocenters. The Labute approximate surface area is 170 Å². The second kappa shape index (κ2) is 10.5. The fourth-order valence-electron chi connectivity index (χ4n) is 2.81. The van der Waals surface area contributed by atoms with Crippen LogP contribution in [0.1, 0.15) is 31.7 Å². The Hall–Kier alpha value is -1.75. The van der Waals surface area contributed by atoms with Crippen molar-refractivity contribution in [1.29, 1.82) is 0 Å². The number of unbranched alkanes of at least 4 members (excludes halogenated alkanes) is 1. The zero-order valence-corrected chi connectivity index (χ0v) is 16.8. The molecule has 0 aliphatic carbocycles. The lowest BCUT2D eigenvalue weighted by Gasteiger charge is -2.17. The highest BCUT2D eigenvalue weighted by molar-refractivity contribution is 6.36. The summed E-state index contributed by atoms with van der Waals surface area (Å²) in [7, 11) is 0. The van der Waals surface area contributed by atoms with Crippen LogP contribution in [-0.4, -0.2) is 11.7 Å². The topological polar surface area (TPSA) is 58.3 Å². The molecule has 0 fully saturated rings. The Morgan fingerprint density at radius 2 is 2.04 bits per heavy atom. The highest BCUT2D eigenvalue weighted by atomic mass is 35.5. The van der Waals surface area contributed by atoms with Crippen LogP contribution in [-0.2, 0) is 6.42 Å². The molecule has 0 saturated carbocycles. The lowest BCUT2D eigenvalue weighted by Crippen LogP contribution is -2.15. The third kappa shape index (κ3) is 6.73. The fourth-order valence-corrected chi connectivity index (χ4v) is 3.26. The van der Waals surface area contributed by atoms with E-state index in [9.17, 15) is 9.50 Å². The van der Waals surface area contributed by atoms with Crippen LogP contribution in [0, 0.1) is 11.7 Å². The lowest BCUT2D eigenvalue weighted by molar-refractivity contribution is 0.432. The van der Waals surface area contributed by atoms with E-state index in [1.807, 2.05) is 0 Å². The molecule has 6 heteroatoms. The first kappa shape index (κ1) is 21.5. The monoisotopic (exact) mass is 410 g/mol. The van der Waals surface area contributed by atoms with Gasteiger partial charge in [0.05, 0.1) is 10.7 Å². The van der Waals surface area contributed by atoms with Crippen LogP contribution < -0.4 is 11.1 Å². The van der Waals surface area contributed by atoms with Crippen LogP contribution in [0.15, 0.2) is 48.2 Å². The van der Waals surface area contributed by atoms with Gasteiger partial charge in [0.25, 0.3) is 0 Å². The first-order valence-electron chi connectivity index (χ1n) is 9.03. The number of phenolic OH excluding ortho intramolecular Hbond substituents is 1. The zero-order chi connectivity index (χ0) is 19.8. The molecule has 4 N–H and O–H groups in total. The van der Waals surface area contributed by atoms with Gasteiger partial charge in [-0.15, -0.1) is 0 Å². The smallest absolute Gasteiger partial charge is 0.165 e. The van der Waals surface area contributed by atoms with Gasteiger partial charge in [-0.2, -0.15) is 0 Å². The van der Waals surface area contributed by atoms with Gasteiger partial charge < -0.3 is 16.2 Å². The van der Waals surface area contributed by atoms with E-state index in [1.165, 1.54) is 12.1 Å². The maximum Gasteiger partial charge on any atom is 0.165 e. The third-order valence-corrected chi connectivity index (χ3v) is 4.85. The van der Waals surface area contributed by atoms with Crippen molar-refractivity contribution in [3.05, 3.63) is 69.6 Å². The second-order valence-electron chi connectivity index (χ2n) is 6.54. The average molecular weight is 411 g/mol. The van der Waals surface area contributed by atoms with Crippen molar-refractivity contribution < 1.29 is 9.50 Å². The van der Waals surface area contributed by atoms with Crippen molar-refractivity contribution in [2.24, 2.45) is 11.7 Å². The number of nitrogens with two attached hydrogens (primary N) is 1. The molecule has 146 valence electrons. The van der Waals surface area contributed by atoms with Gasteiger partial charge in [0, 0.05) is 17.1 Å². The largest absolute Gasteiger partial charge is 0.505 e. The van der Waals surface area contributed by atoms with Gasteiger partial charge in [0.15, 0.2) is 11.6 Å². The Balaban J connectivity index is 2.29. The minimum Gasteiger partial charge on any atom is -0.505 e. The number of aromatic hydroxyl groups is 1. The van der Waals surface area contributed by atoms with Crippen molar-refractivity contribution in [2.75, 3.05) is 11.9 Å². The number of nitrogens with one attached hydrogen (secondary N) is 1. The van der Waals surface area contributed by atoms with E-state index in [1.54, 1.807) is 24.3 Å². The number of hydrogen-bond donors (Lipinski definition) is 3. The van der Waals surface area contributed by atoms with Gasteiger partial charge in [-0.25, -0.2) is 4.39 Å². The first-order chi connectivity index (χ1) is 12.9. The number of anilines is 1. The summed E-state index contributed by atoms with van der Waals surface area (Å²) in [6.45, 7) is 2.67. The van der Waals surface area contributed by atoms with Crippen molar-refractivity contribution in [1.82, 2.24) is 0 Å². The summed E-state index contributed by atoms with van der Waals surface area (Å²) in [5, 5.41) is 13.8. The van der Waals surface area contributed by atoms with Crippen molar-refractivity contribution >= 4 is 28.9 Å². The first-order valence-corrected chi connectivity index (χ1v) is 9.78. The molecule has 1 unspecified atom stereocenters. The van der Waals surface area contributed by atoms with Gasteiger partial charge in [-0.05, 0) is 54.8 Å². The summed E-state index contributed by atoms with van der Waals surface area (Å²) < 4.78 is 13.7. The highest BCUT2D eigenvalue weighted by Gasteiger charge is 2.11. The van der Waals surface area contributed by atoms with Crippen molar-refractivity contribution in [3.63, 3.8) is 0 Å². The lowest BCUT2D eigenvalue weighted by atomic mass is 9.98. The molecule has 0 saturated heterocycles. The normalized spacial score (nSPS) is 12.9. The second-order valence-corrected chi connectivity index (χ2v) is 7.39. The molecule has 2 aromatic rings. The zero-order valence-electron chi connectivity index (χ0n) is 15.3. The number of halogens is 3. The van der Waals surface area contributed by atoms with Crippen LogP contribution in [0.5, 0.6) is 5.75 Å². The van der Waals surface area contributed by atoms with Gasteiger partial charge >= 0.3 is 0 Å². The maximum atomic E-state index is 13.7. The summed E-state index contributed by atoms with van der Waals surface area (Å²) >= 11 is 12.3. The summed E-state index contributed by atoms with van der Waals surface area (Å²) in [5.74, 6) is -0.793. The molecular formula is C21H25Cl2FN2O. The van der Waals surface area contributed by atoms with E-state index in [0.29, 0.717) is 23.0 Å². The van der Waals surface area contributed by atoms with E-state index < -0.39 is 5.82 Å². The third-order valence-electron chi connectivity index (χ3n) is 4.30. The van der Waals surface area contributed by atoms with Crippen LogP contribution in [0.3, 0.4) is 0 Å². The molecule has 0 aliphatic rings. The molecule has 27 heavy (non-hydrogen) atoms. The van der Waals surface area contributed by atoms with Gasteiger partial charge in [0.1, 0.15) is 0 Å². The summed E-state index contributed by atoms with van der Waals surface area (Å²) in [5.41, 5.74) is 8.26. The van der Waals surface area contributed by atoms with E-state index >= 15 is 0 Å². The molecule has 0 bridgehead atoms. The Morgan fingerprint density at radius 3 is 2.67 bits per heavy atom. The average Bonchev–Trinajstić information content (AvgIpc) is 2.63. The number of allylic oxidation sites excluding steroid dienone is 1. The van der Waals surface area contributed by atoms with Crippen molar-refractivity contribution in [2.45, 2.75) is 32.6 Å². The van der Waals surface area contributed by atoms with Gasteiger partial charge in [-0.3, -0.25) is 0 Å². The predicted molar refractivity (Wildman–Crippen MR) is 112 cm³/mol. The summed E-state index contributed by atoms with van der Waals surface area (Å²) in [4.78, 5) is 0. The quantitative estimate of drug-likeness (QED) is 0.464. The van der Waals surface area contributed by atoms with Crippen LogP contribution in [0.25, 0.3) is 0 Å². The Bertz CT molecular complexity index is 796. The minimum atomic E-state index is -0.641. The Kier molecular flexibility index (Phi) is 8.42. The van der Waals surface area contributed by atoms with Crippen LogP contribution >= 0.6 is 23.2 Å². The fraction of sp³-hybridized carbons (Fsp3) is 0.333. The number of phenols is 1. The molecular weight excluding hydrogens is 386 g/mol. The summed E-state index contributed by atoms with van der Waals surface area (Å²) in [6, 6.07) is 9.61. The molecule has 0 aromatic heterocycles. The standard InChI is InChI=1S/C21H25Cl2FN2O/c1-2-3-4-15(13-25)10-17(9-14-5-8-21(27)19(24)11-14)26-20-7-6-16(22)12-18(20)23/h5-8,10-12,15,26-27H,2-4,9,13,25H2,1H3/b17-10-. The molecule has 0 radical (unpaired) electrons.